The van der Waals surface area contributed by atoms with E-state index >= 15 is 0 Å². The van der Waals surface area contributed by atoms with E-state index in [0.717, 1.165) is 10.4 Å². The highest BCUT2D eigenvalue weighted by atomic mass is 32.1. The van der Waals surface area contributed by atoms with Crippen LogP contribution in [0.15, 0.2) is 54.7 Å². The van der Waals surface area contributed by atoms with Crippen molar-refractivity contribution in [1.29, 1.82) is 0 Å². The zero-order valence-corrected chi connectivity index (χ0v) is 14.8. The second kappa shape index (κ2) is 6.66. The number of primary amides is 1. The third-order valence-corrected chi connectivity index (χ3v) is 4.87. The first-order chi connectivity index (χ1) is 11.8. The Kier molecular flexibility index (Phi) is 4.57. The van der Waals surface area contributed by atoms with E-state index in [4.69, 9.17) is 5.73 Å². The average molecular weight is 353 g/mol. The third kappa shape index (κ3) is 3.87. The first-order valence-electron chi connectivity index (χ1n) is 7.79. The van der Waals surface area contributed by atoms with E-state index in [2.05, 4.69) is 10.3 Å². The maximum absolute atomic E-state index is 11.8. The summed E-state index contributed by atoms with van der Waals surface area (Å²) >= 11 is 1.44. The number of aliphatic hydroxyl groups is 1. The smallest absolute Gasteiger partial charge is 0.251 e. The molecule has 2 heterocycles. The molecule has 5 nitrogen and oxygen atoms in total. The number of hydrogen-bond acceptors (Lipinski definition) is 5. The lowest BCUT2D eigenvalue weighted by atomic mass is 10.0. The summed E-state index contributed by atoms with van der Waals surface area (Å²) in [4.78, 5) is 17.0. The minimum absolute atomic E-state index is 0.428. The first-order valence-corrected chi connectivity index (χ1v) is 8.61. The van der Waals surface area contributed by atoms with E-state index in [1.807, 2.05) is 30.3 Å². The number of pyridine rings is 1. The van der Waals surface area contributed by atoms with Gasteiger partial charge in [0.25, 0.3) is 5.91 Å². The monoisotopic (exact) mass is 353 g/mol. The van der Waals surface area contributed by atoms with E-state index in [-0.39, 0.29) is 0 Å². The van der Waals surface area contributed by atoms with Crippen LogP contribution in [0.1, 0.15) is 29.8 Å². The third-order valence-electron chi connectivity index (χ3n) is 3.77. The molecule has 4 N–H and O–H groups in total. The molecule has 1 amide bonds. The minimum atomic E-state index is -0.951. The Balaban J connectivity index is 1.91. The van der Waals surface area contributed by atoms with Crippen LogP contribution in [0.4, 0.5) is 10.8 Å². The lowest BCUT2D eigenvalue weighted by molar-refractivity contribution is 0.0782. The number of thiophene rings is 1. The maximum atomic E-state index is 11.8. The van der Waals surface area contributed by atoms with Crippen molar-refractivity contribution in [3.63, 3.8) is 0 Å². The minimum Gasteiger partial charge on any atom is -0.386 e. The fourth-order valence-electron chi connectivity index (χ4n) is 2.36. The van der Waals surface area contributed by atoms with Crippen LogP contribution in [0.25, 0.3) is 10.4 Å². The van der Waals surface area contributed by atoms with Gasteiger partial charge in [-0.25, -0.2) is 4.98 Å². The number of rotatable bonds is 5. The number of nitrogens with zero attached hydrogens (tertiary/aromatic N) is 1. The molecule has 0 saturated heterocycles. The van der Waals surface area contributed by atoms with Crippen LogP contribution in [0.5, 0.6) is 0 Å². The van der Waals surface area contributed by atoms with Gasteiger partial charge in [-0.1, -0.05) is 36.4 Å². The van der Waals surface area contributed by atoms with Crippen molar-refractivity contribution >= 4 is 28.1 Å². The van der Waals surface area contributed by atoms with Crippen molar-refractivity contribution in [2.24, 2.45) is 5.73 Å². The number of hydrogen-bond donors (Lipinski definition) is 3. The van der Waals surface area contributed by atoms with Crippen molar-refractivity contribution < 1.29 is 9.90 Å². The van der Waals surface area contributed by atoms with Gasteiger partial charge in [0, 0.05) is 16.6 Å². The summed E-state index contributed by atoms with van der Waals surface area (Å²) in [6, 6.07) is 15.2. The van der Waals surface area contributed by atoms with Gasteiger partial charge < -0.3 is 16.2 Å². The SMILES string of the molecule is CC(C)(O)c1ccc(Nc2sc(-c3ccccc3)cc2C(N)=O)nc1. The van der Waals surface area contributed by atoms with Gasteiger partial charge in [0.05, 0.1) is 11.2 Å². The predicted molar refractivity (Wildman–Crippen MR) is 101 cm³/mol. The molecule has 0 spiro atoms. The van der Waals surface area contributed by atoms with Crippen LogP contribution in [0.3, 0.4) is 0 Å². The number of nitrogens with two attached hydrogens (primary N) is 1. The van der Waals surface area contributed by atoms with Crippen LogP contribution in [-0.4, -0.2) is 16.0 Å². The second-order valence-corrected chi connectivity index (χ2v) is 7.25. The molecule has 3 aromatic rings. The van der Waals surface area contributed by atoms with E-state index in [0.29, 0.717) is 21.9 Å². The first kappa shape index (κ1) is 17.1. The lowest BCUT2D eigenvalue weighted by Gasteiger charge is -2.17. The lowest BCUT2D eigenvalue weighted by Crippen LogP contribution is -2.15. The summed E-state index contributed by atoms with van der Waals surface area (Å²) in [5.74, 6) is 0.0889. The quantitative estimate of drug-likeness (QED) is 0.649. The van der Waals surface area contributed by atoms with Gasteiger partial charge in [-0.15, -0.1) is 11.3 Å². The number of amides is 1. The second-order valence-electron chi connectivity index (χ2n) is 6.20. The Morgan fingerprint density at radius 3 is 2.48 bits per heavy atom. The molecule has 3 rings (SSSR count). The predicted octanol–water partition coefficient (Wildman–Crippen LogP) is 3.88. The Morgan fingerprint density at radius 2 is 1.92 bits per heavy atom. The standard InChI is InChI=1S/C19H19N3O2S/c1-19(2,24)13-8-9-16(21-11-13)22-18-14(17(20)23)10-15(25-18)12-6-4-3-5-7-12/h3-11,24H,1-2H3,(H2,20,23)(H,21,22). The van der Waals surface area contributed by atoms with E-state index in [9.17, 15) is 9.90 Å². The number of anilines is 2. The summed E-state index contributed by atoms with van der Waals surface area (Å²) in [5, 5.41) is 13.8. The van der Waals surface area contributed by atoms with Gasteiger partial charge in [-0.05, 0) is 31.5 Å². The van der Waals surface area contributed by atoms with Gasteiger partial charge in [0.1, 0.15) is 10.8 Å². The molecule has 0 aliphatic carbocycles. The average Bonchev–Trinajstić information content (AvgIpc) is 2.99. The van der Waals surface area contributed by atoms with Crippen LogP contribution < -0.4 is 11.1 Å². The highest BCUT2D eigenvalue weighted by Gasteiger charge is 2.18. The van der Waals surface area contributed by atoms with Crippen molar-refractivity contribution in [3.8, 4) is 10.4 Å². The maximum Gasteiger partial charge on any atom is 0.251 e. The Hall–Kier alpha value is -2.70. The summed E-state index contributed by atoms with van der Waals surface area (Å²) in [5.41, 5.74) is 6.73. The summed E-state index contributed by atoms with van der Waals surface area (Å²) < 4.78 is 0. The van der Waals surface area contributed by atoms with Crippen molar-refractivity contribution in [3.05, 3.63) is 65.9 Å². The molecule has 0 unspecified atom stereocenters. The molecule has 2 aromatic heterocycles. The number of carbonyl (C=O) groups is 1. The van der Waals surface area contributed by atoms with Crippen LogP contribution in [0.2, 0.25) is 0 Å². The van der Waals surface area contributed by atoms with Gasteiger partial charge in [-0.3, -0.25) is 4.79 Å². The summed E-state index contributed by atoms with van der Waals surface area (Å²) in [6.07, 6.45) is 1.61. The van der Waals surface area contributed by atoms with Gasteiger partial charge >= 0.3 is 0 Å². The van der Waals surface area contributed by atoms with Gasteiger partial charge in [0.15, 0.2) is 0 Å². The van der Waals surface area contributed by atoms with E-state index in [1.165, 1.54) is 11.3 Å². The topological polar surface area (TPSA) is 88.2 Å². The molecular weight excluding hydrogens is 334 g/mol. The molecule has 6 heteroatoms. The fourth-order valence-corrected chi connectivity index (χ4v) is 3.43. The summed E-state index contributed by atoms with van der Waals surface area (Å²) in [7, 11) is 0. The fraction of sp³-hybridized carbons (Fsp3) is 0.158. The van der Waals surface area contributed by atoms with Crippen molar-refractivity contribution in [2.75, 3.05) is 5.32 Å². The van der Waals surface area contributed by atoms with Crippen LogP contribution >= 0.6 is 11.3 Å². The molecule has 25 heavy (non-hydrogen) atoms. The van der Waals surface area contributed by atoms with E-state index in [1.54, 1.807) is 38.2 Å². The number of benzene rings is 1. The number of nitrogens with one attached hydrogen (secondary N) is 1. The number of carbonyl (C=O) groups excluding carboxylic acids is 1. The van der Waals surface area contributed by atoms with Crippen molar-refractivity contribution in [1.82, 2.24) is 4.98 Å². The molecule has 128 valence electrons. The van der Waals surface area contributed by atoms with Gasteiger partial charge in [0.2, 0.25) is 0 Å². The Labute approximate surface area is 150 Å². The normalized spacial score (nSPS) is 11.3. The van der Waals surface area contributed by atoms with Crippen molar-refractivity contribution in [2.45, 2.75) is 19.4 Å². The Morgan fingerprint density at radius 1 is 1.20 bits per heavy atom. The highest BCUT2D eigenvalue weighted by molar-refractivity contribution is 7.19. The van der Waals surface area contributed by atoms with E-state index < -0.39 is 11.5 Å². The molecule has 0 aliphatic rings. The molecular formula is C19H19N3O2S. The largest absolute Gasteiger partial charge is 0.386 e. The van der Waals surface area contributed by atoms with Crippen LogP contribution in [0, 0.1) is 0 Å². The highest BCUT2D eigenvalue weighted by Crippen LogP contribution is 2.36. The zero-order valence-electron chi connectivity index (χ0n) is 14.0. The molecule has 0 fully saturated rings. The molecule has 0 bridgehead atoms. The zero-order chi connectivity index (χ0) is 18.0. The Bertz CT molecular complexity index is 881. The molecule has 0 atom stereocenters. The molecule has 0 saturated carbocycles. The van der Waals surface area contributed by atoms with Gasteiger partial charge in [-0.2, -0.15) is 0 Å². The van der Waals surface area contributed by atoms with Crippen LogP contribution in [-0.2, 0) is 5.60 Å². The number of aromatic nitrogens is 1. The summed E-state index contributed by atoms with van der Waals surface area (Å²) in [6.45, 7) is 3.40. The molecule has 0 radical (unpaired) electrons. The molecule has 1 aromatic carbocycles. The molecule has 0 aliphatic heterocycles.